The van der Waals surface area contributed by atoms with Gasteiger partial charge in [-0.15, -0.1) is 0 Å². The standard InChI is InChI=1S/C16H20F2N2O2S/c1-10-3-4-15-14(7-10)13(11(2)20-15)5-6-19-23(21,22)12-8-16(17,18)9-12/h3-4,7,12,19-20H,5-6,8-9H2,1-2H3. The highest BCUT2D eigenvalue weighted by atomic mass is 32.2. The monoisotopic (exact) mass is 342 g/mol. The van der Waals surface area contributed by atoms with Gasteiger partial charge in [0.1, 0.15) is 0 Å². The molecule has 0 atom stereocenters. The molecule has 1 aliphatic rings. The summed E-state index contributed by atoms with van der Waals surface area (Å²) >= 11 is 0. The summed E-state index contributed by atoms with van der Waals surface area (Å²) in [6, 6.07) is 6.08. The van der Waals surface area contributed by atoms with E-state index in [0.29, 0.717) is 6.42 Å². The number of hydrogen-bond acceptors (Lipinski definition) is 2. The van der Waals surface area contributed by atoms with Crippen molar-refractivity contribution in [1.82, 2.24) is 9.71 Å². The second kappa shape index (κ2) is 5.56. The molecule has 1 aliphatic carbocycles. The van der Waals surface area contributed by atoms with E-state index in [2.05, 4.69) is 15.8 Å². The minimum Gasteiger partial charge on any atom is -0.358 e. The third kappa shape index (κ3) is 3.26. The first kappa shape index (κ1) is 16.4. The molecule has 0 amide bonds. The molecule has 1 saturated carbocycles. The topological polar surface area (TPSA) is 62.0 Å². The summed E-state index contributed by atoms with van der Waals surface area (Å²) in [7, 11) is -3.66. The fourth-order valence-corrected chi connectivity index (χ4v) is 4.63. The number of nitrogens with one attached hydrogen (secondary N) is 2. The number of halogens is 2. The van der Waals surface area contributed by atoms with Crippen LogP contribution in [0.5, 0.6) is 0 Å². The Bertz CT molecular complexity index is 835. The zero-order valence-corrected chi connectivity index (χ0v) is 13.9. The molecule has 4 nitrogen and oxygen atoms in total. The summed E-state index contributed by atoms with van der Waals surface area (Å²) in [4.78, 5) is 3.28. The molecular weight excluding hydrogens is 322 g/mol. The lowest BCUT2D eigenvalue weighted by Gasteiger charge is -2.34. The number of hydrogen-bond donors (Lipinski definition) is 2. The minimum absolute atomic E-state index is 0.214. The third-order valence-corrected chi connectivity index (χ3v) is 6.26. The van der Waals surface area contributed by atoms with Gasteiger partial charge in [-0.25, -0.2) is 21.9 Å². The maximum atomic E-state index is 12.8. The zero-order valence-electron chi connectivity index (χ0n) is 13.1. The van der Waals surface area contributed by atoms with E-state index in [0.717, 1.165) is 27.7 Å². The van der Waals surface area contributed by atoms with E-state index < -0.39 is 34.0 Å². The Hall–Kier alpha value is -1.47. The molecule has 0 spiro atoms. The van der Waals surface area contributed by atoms with Crippen molar-refractivity contribution in [3.8, 4) is 0 Å². The van der Waals surface area contributed by atoms with Gasteiger partial charge in [0.05, 0.1) is 5.25 Å². The van der Waals surface area contributed by atoms with Gasteiger partial charge in [0.2, 0.25) is 10.0 Å². The molecular formula is C16H20F2N2O2S. The number of rotatable bonds is 5. The number of aryl methyl sites for hydroxylation is 2. The first-order chi connectivity index (χ1) is 10.7. The largest absolute Gasteiger partial charge is 0.358 e. The van der Waals surface area contributed by atoms with Gasteiger partial charge in [0.15, 0.2) is 0 Å². The predicted octanol–water partition coefficient (Wildman–Crippen LogP) is 3.04. The summed E-state index contributed by atoms with van der Waals surface area (Å²) in [5.41, 5.74) is 4.21. The Morgan fingerprint density at radius 3 is 2.65 bits per heavy atom. The van der Waals surface area contributed by atoms with E-state index >= 15 is 0 Å². The fourth-order valence-electron chi connectivity index (χ4n) is 3.08. The summed E-state index contributed by atoms with van der Waals surface area (Å²) in [5.74, 6) is -2.83. The molecule has 3 rings (SSSR count). The second-order valence-electron chi connectivity index (χ2n) is 6.35. The Morgan fingerprint density at radius 2 is 2.00 bits per heavy atom. The van der Waals surface area contributed by atoms with Crippen molar-refractivity contribution in [2.45, 2.75) is 44.3 Å². The Labute approximate surface area is 134 Å². The van der Waals surface area contributed by atoms with Crippen molar-refractivity contribution in [2.24, 2.45) is 0 Å². The van der Waals surface area contributed by atoms with Crippen LogP contribution in [0.4, 0.5) is 8.78 Å². The van der Waals surface area contributed by atoms with Crippen molar-refractivity contribution in [3.05, 3.63) is 35.0 Å². The van der Waals surface area contributed by atoms with E-state index in [-0.39, 0.29) is 6.54 Å². The van der Waals surface area contributed by atoms with E-state index in [4.69, 9.17) is 0 Å². The van der Waals surface area contributed by atoms with Crippen LogP contribution in [0.15, 0.2) is 18.2 Å². The molecule has 0 aliphatic heterocycles. The van der Waals surface area contributed by atoms with Crippen LogP contribution in [0.2, 0.25) is 0 Å². The van der Waals surface area contributed by atoms with Crippen molar-refractivity contribution in [3.63, 3.8) is 0 Å². The van der Waals surface area contributed by atoms with Crippen molar-refractivity contribution >= 4 is 20.9 Å². The molecule has 1 aromatic heterocycles. The lowest BCUT2D eigenvalue weighted by atomic mass is 9.94. The maximum absolute atomic E-state index is 12.8. The van der Waals surface area contributed by atoms with Crippen LogP contribution in [0.3, 0.4) is 0 Å². The van der Waals surface area contributed by atoms with Crippen molar-refractivity contribution < 1.29 is 17.2 Å². The van der Waals surface area contributed by atoms with Crippen LogP contribution in [-0.4, -0.2) is 31.1 Å². The summed E-state index contributed by atoms with van der Waals surface area (Å²) in [6.07, 6.45) is -0.626. The number of sulfonamides is 1. The highest BCUT2D eigenvalue weighted by Gasteiger charge is 2.51. The Kier molecular flexibility index (Phi) is 3.96. The smallest absolute Gasteiger partial charge is 0.250 e. The normalized spacial score (nSPS) is 18.3. The van der Waals surface area contributed by atoms with Crippen LogP contribution < -0.4 is 4.72 Å². The highest BCUT2D eigenvalue weighted by molar-refractivity contribution is 7.90. The summed E-state index contributed by atoms with van der Waals surface area (Å²) in [5, 5.41) is 0.112. The van der Waals surface area contributed by atoms with E-state index in [1.807, 2.05) is 26.0 Å². The molecule has 0 unspecified atom stereocenters. The molecule has 1 fully saturated rings. The molecule has 126 valence electrons. The maximum Gasteiger partial charge on any atom is 0.250 e. The van der Waals surface area contributed by atoms with Gasteiger partial charge in [-0.3, -0.25) is 0 Å². The molecule has 1 heterocycles. The van der Waals surface area contributed by atoms with Gasteiger partial charge in [0, 0.05) is 36.0 Å². The molecule has 0 bridgehead atoms. The molecule has 2 N–H and O–H groups in total. The van der Waals surface area contributed by atoms with E-state index in [1.54, 1.807) is 0 Å². The van der Waals surface area contributed by atoms with E-state index in [1.165, 1.54) is 0 Å². The quantitative estimate of drug-likeness (QED) is 0.877. The average Bonchev–Trinajstić information content (AvgIpc) is 2.72. The third-order valence-electron chi connectivity index (χ3n) is 4.44. The van der Waals surface area contributed by atoms with Gasteiger partial charge >= 0.3 is 0 Å². The van der Waals surface area contributed by atoms with Crippen molar-refractivity contribution in [1.29, 1.82) is 0 Å². The molecule has 7 heteroatoms. The predicted molar refractivity (Wildman–Crippen MR) is 86.4 cm³/mol. The molecule has 1 aromatic carbocycles. The summed E-state index contributed by atoms with van der Waals surface area (Å²) in [6.45, 7) is 4.17. The van der Waals surface area contributed by atoms with Crippen LogP contribution in [0.25, 0.3) is 10.9 Å². The lowest BCUT2D eigenvalue weighted by molar-refractivity contribution is -0.0687. The number of benzene rings is 1. The van der Waals surface area contributed by atoms with Crippen LogP contribution in [-0.2, 0) is 16.4 Å². The first-order valence-corrected chi connectivity index (χ1v) is 9.17. The highest BCUT2D eigenvalue weighted by Crippen LogP contribution is 2.41. The average molecular weight is 342 g/mol. The van der Waals surface area contributed by atoms with Crippen molar-refractivity contribution in [2.75, 3.05) is 6.54 Å². The second-order valence-corrected chi connectivity index (χ2v) is 8.40. The van der Waals surface area contributed by atoms with Crippen LogP contribution in [0, 0.1) is 13.8 Å². The minimum atomic E-state index is -3.66. The SMILES string of the molecule is Cc1ccc2[nH]c(C)c(CCNS(=O)(=O)C3CC(F)(F)C3)c2c1. The number of fused-ring (bicyclic) bond motifs is 1. The summed E-state index contributed by atoms with van der Waals surface area (Å²) < 4.78 is 52.1. The molecule has 0 saturated heterocycles. The molecule has 0 radical (unpaired) electrons. The lowest BCUT2D eigenvalue weighted by Crippen LogP contribution is -2.49. The van der Waals surface area contributed by atoms with Gasteiger partial charge < -0.3 is 4.98 Å². The fraction of sp³-hybridized carbons (Fsp3) is 0.500. The van der Waals surface area contributed by atoms with Crippen LogP contribution >= 0.6 is 0 Å². The molecule has 23 heavy (non-hydrogen) atoms. The van der Waals surface area contributed by atoms with Gasteiger partial charge in [0.25, 0.3) is 5.92 Å². The Balaban J connectivity index is 1.67. The number of H-pyrrole nitrogens is 1. The van der Waals surface area contributed by atoms with Gasteiger partial charge in [-0.2, -0.15) is 0 Å². The van der Waals surface area contributed by atoms with E-state index in [9.17, 15) is 17.2 Å². The first-order valence-electron chi connectivity index (χ1n) is 7.62. The van der Waals surface area contributed by atoms with Gasteiger partial charge in [-0.1, -0.05) is 11.6 Å². The van der Waals surface area contributed by atoms with Gasteiger partial charge in [-0.05, 0) is 38.0 Å². The number of aromatic nitrogens is 1. The zero-order chi connectivity index (χ0) is 16.8. The number of aromatic amines is 1. The molecule has 2 aromatic rings. The number of alkyl halides is 2. The van der Waals surface area contributed by atoms with Crippen LogP contribution in [0.1, 0.15) is 29.7 Å². The Morgan fingerprint density at radius 1 is 1.30 bits per heavy atom.